The Morgan fingerprint density at radius 3 is 2.43 bits per heavy atom. The lowest BCUT2D eigenvalue weighted by Gasteiger charge is -2.34. The molecule has 2 fully saturated rings. The lowest BCUT2D eigenvalue weighted by Crippen LogP contribution is -2.41. The molecular formula is C21H30BrN3O3. The maximum atomic E-state index is 12.4. The number of amides is 2. The van der Waals surface area contributed by atoms with Crippen LogP contribution < -0.4 is 5.32 Å². The number of carbonyl (C=O) groups is 2. The standard InChI is InChI=1S/C21H30BrN3O3/c22-19-3-1-18(2-4-19)21(27)23-9-5-20(26)25-11-7-17(8-12-25)6-10-24-13-15-28-16-14-24/h1-4,17H,5-16H2,(H,23,27). The van der Waals surface area contributed by atoms with Gasteiger partial charge >= 0.3 is 0 Å². The molecule has 0 saturated carbocycles. The number of nitrogens with one attached hydrogen (secondary N) is 1. The fraction of sp³-hybridized carbons (Fsp3) is 0.619. The molecule has 7 heteroatoms. The Balaban J connectivity index is 1.30. The first kappa shape index (κ1) is 21.3. The van der Waals surface area contributed by atoms with Crippen LogP contribution in [0.15, 0.2) is 28.7 Å². The molecule has 1 aromatic carbocycles. The number of nitrogens with zero attached hydrogens (tertiary/aromatic N) is 2. The molecule has 0 radical (unpaired) electrons. The highest BCUT2D eigenvalue weighted by Crippen LogP contribution is 2.21. The van der Waals surface area contributed by atoms with Gasteiger partial charge < -0.3 is 15.0 Å². The second kappa shape index (κ2) is 10.9. The molecule has 0 atom stereocenters. The summed E-state index contributed by atoms with van der Waals surface area (Å²) in [6.45, 7) is 7.00. The van der Waals surface area contributed by atoms with E-state index < -0.39 is 0 Å². The fourth-order valence-corrected chi connectivity index (χ4v) is 4.07. The summed E-state index contributed by atoms with van der Waals surface area (Å²) in [4.78, 5) is 29.0. The van der Waals surface area contributed by atoms with Crippen LogP contribution in [0.5, 0.6) is 0 Å². The molecule has 28 heavy (non-hydrogen) atoms. The van der Waals surface area contributed by atoms with Crippen molar-refractivity contribution in [2.24, 2.45) is 5.92 Å². The number of carbonyl (C=O) groups excluding carboxylic acids is 2. The molecule has 0 aliphatic carbocycles. The number of halogens is 1. The third-order valence-electron chi connectivity index (χ3n) is 5.66. The minimum absolute atomic E-state index is 0.137. The van der Waals surface area contributed by atoms with E-state index in [0.717, 1.165) is 63.3 Å². The Morgan fingerprint density at radius 1 is 1.07 bits per heavy atom. The molecular weight excluding hydrogens is 422 g/mol. The topological polar surface area (TPSA) is 61.9 Å². The van der Waals surface area contributed by atoms with Crippen LogP contribution >= 0.6 is 15.9 Å². The van der Waals surface area contributed by atoms with Gasteiger partial charge in [0.05, 0.1) is 13.2 Å². The van der Waals surface area contributed by atoms with Gasteiger partial charge in [-0.15, -0.1) is 0 Å². The van der Waals surface area contributed by atoms with Gasteiger partial charge in [-0.2, -0.15) is 0 Å². The number of morpholine rings is 1. The van der Waals surface area contributed by atoms with Crippen molar-refractivity contribution in [1.29, 1.82) is 0 Å². The molecule has 0 bridgehead atoms. The molecule has 0 unspecified atom stereocenters. The zero-order valence-electron chi connectivity index (χ0n) is 16.4. The van der Waals surface area contributed by atoms with Crippen LogP contribution in [0.25, 0.3) is 0 Å². The highest BCUT2D eigenvalue weighted by atomic mass is 79.9. The molecule has 1 N–H and O–H groups in total. The lowest BCUT2D eigenvalue weighted by molar-refractivity contribution is -0.132. The van der Waals surface area contributed by atoms with Gasteiger partial charge in [0, 0.05) is 49.2 Å². The minimum Gasteiger partial charge on any atom is -0.379 e. The van der Waals surface area contributed by atoms with Gasteiger partial charge in [-0.3, -0.25) is 14.5 Å². The summed E-state index contributed by atoms with van der Waals surface area (Å²) in [6.07, 6.45) is 3.74. The molecule has 2 amide bonds. The van der Waals surface area contributed by atoms with Crippen molar-refractivity contribution in [2.45, 2.75) is 25.7 Å². The van der Waals surface area contributed by atoms with Gasteiger partial charge in [0.2, 0.25) is 5.91 Å². The van der Waals surface area contributed by atoms with Crippen LogP contribution in [0.4, 0.5) is 0 Å². The third-order valence-corrected chi connectivity index (χ3v) is 6.18. The summed E-state index contributed by atoms with van der Waals surface area (Å²) in [6, 6.07) is 7.21. The molecule has 2 heterocycles. The van der Waals surface area contributed by atoms with Crippen molar-refractivity contribution < 1.29 is 14.3 Å². The maximum Gasteiger partial charge on any atom is 0.251 e. The Kier molecular flexibility index (Phi) is 8.30. The molecule has 3 rings (SSSR count). The van der Waals surface area contributed by atoms with E-state index in [0.29, 0.717) is 24.4 Å². The zero-order chi connectivity index (χ0) is 19.8. The average molecular weight is 452 g/mol. The van der Waals surface area contributed by atoms with Crippen molar-refractivity contribution in [1.82, 2.24) is 15.1 Å². The van der Waals surface area contributed by atoms with E-state index in [2.05, 4.69) is 26.1 Å². The first-order chi connectivity index (χ1) is 13.6. The summed E-state index contributed by atoms with van der Waals surface area (Å²) in [5.74, 6) is 0.717. The summed E-state index contributed by atoms with van der Waals surface area (Å²) < 4.78 is 6.33. The average Bonchev–Trinajstić information content (AvgIpc) is 2.73. The van der Waals surface area contributed by atoms with Gasteiger partial charge in [-0.25, -0.2) is 0 Å². The molecule has 2 aliphatic heterocycles. The smallest absolute Gasteiger partial charge is 0.251 e. The van der Waals surface area contributed by atoms with E-state index in [4.69, 9.17) is 4.74 Å². The van der Waals surface area contributed by atoms with Gasteiger partial charge in [-0.1, -0.05) is 15.9 Å². The maximum absolute atomic E-state index is 12.4. The number of likely N-dealkylation sites (tertiary alicyclic amines) is 1. The van der Waals surface area contributed by atoms with Gasteiger partial charge in [0.25, 0.3) is 5.91 Å². The molecule has 154 valence electrons. The van der Waals surface area contributed by atoms with Crippen molar-refractivity contribution >= 4 is 27.7 Å². The fourth-order valence-electron chi connectivity index (χ4n) is 3.81. The highest BCUT2D eigenvalue weighted by molar-refractivity contribution is 9.10. The van der Waals surface area contributed by atoms with E-state index in [-0.39, 0.29) is 11.8 Å². The van der Waals surface area contributed by atoms with Crippen molar-refractivity contribution in [3.63, 3.8) is 0 Å². The Labute approximate surface area is 175 Å². The first-order valence-electron chi connectivity index (χ1n) is 10.2. The van der Waals surface area contributed by atoms with E-state index in [9.17, 15) is 9.59 Å². The van der Waals surface area contributed by atoms with Gasteiger partial charge in [0.1, 0.15) is 0 Å². The quantitative estimate of drug-likeness (QED) is 0.691. The lowest BCUT2D eigenvalue weighted by atomic mass is 9.93. The molecule has 1 aromatic rings. The molecule has 0 aromatic heterocycles. The van der Waals surface area contributed by atoms with E-state index in [1.54, 1.807) is 12.1 Å². The van der Waals surface area contributed by atoms with Crippen LogP contribution in [-0.4, -0.2) is 74.1 Å². The monoisotopic (exact) mass is 451 g/mol. The predicted molar refractivity (Wildman–Crippen MR) is 112 cm³/mol. The number of hydrogen-bond donors (Lipinski definition) is 1. The number of ether oxygens (including phenoxy) is 1. The van der Waals surface area contributed by atoms with Crippen LogP contribution in [0.1, 0.15) is 36.0 Å². The van der Waals surface area contributed by atoms with Gasteiger partial charge in [-0.05, 0) is 56.0 Å². The molecule has 6 nitrogen and oxygen atoms in total. The van der Waals surface area contributed by atoms with E-state index in [1.807, 2.05) is 17.0 Å². The van der Waals surface area contributed by atoms with E-state index >= 15 is 0 Å². The van der Waals surface area contributed by atoms with Crippen LogP contribution in [0.2, 0.25) is 0 Å². The summed E-state index contributed by atoms with van der Waals surface area (Å²) in [5.41, 5.74) is 0.608. The van der Waals surface area contributed by atoms with Crippen molar-refractivity contribution in [3.8, 4) is 0 Å². The number of piperidine rings is 1. The molecule has 2 aliphatic rings. The summed E-state index contributed by atoms with van der Waals surface area (Å²) in [7, 11) is 0. The minimum atomic E-state index is -0.137. The van der Waals surface area contributed by atoms with Crippen LogP contribution in [0, 0.1) is 5.92 Å². The largest absolute Gasteiger partial charge is 0.379 e. The SMILES string of the molecule is O=C(NCCC(=O)N1CCC(CCN2CCOCC2)CC1)c1ccc(Br)cc1. The zero-order valence-corrected chi connectivity index (χ0v) is 18.0. The van der Waals surface area contributed by atoms with Crippen molar-refractivity contribution in [3.05, 3.63) is 34.3 Å². The highest BCUT2D eigenvalue weighted by Gasteiger charge is 2.23. The molecule has 0 spiro atoms. The molecule has 2 saturated heterocycles. The summed E-state index contributed by atoms with van der Waals surface area (Å²) >= 11 is 3.36. The first-order valence-corrected chi connectivity index (χ1v) is 11.0. The number of rotatable bonds is 7. The normalized spacial score (nSPS) is 18.8. The van der Waals surface area contributed by atoms with E-state index in [1.165, 1.54) is 6.42 Å². The Morgan fingerprint density at radius 2 is 1.75 bits per heavy atom. The van der Waals surface area contributed by atoms with Gasteiger partial charge in [0.15, 0.2) is 0 Å². The Bertz CT molecular complexity index is 639. The van der Waals surface area contributed by atoms with Crippen molar-refractivity contribution in [2.75, 3.05) is 52.5 Å². The third kappa shape index (κ3) is 6.57. The Hall–Kier alpha value is -1.44. The van der Waals surface area contributed by atoms with Crippen LogP contribution in [0.3, 0.4) is 0 Å². The number of hydrogen-bond acceptors (Lipinski definition) is 4. The second-order valence-corrected chi connectivity index (χ2v) is 8.50. The second-order valence-electron chi connectivity index (χ2n) is 7.58. The van der Waals surface area contributed by atoms with Crippen LogP contribution in [-0.2, 0) is 9.53 Å². The number of benzene rings is 1. The summed E-state index contributed by atoms with van der Waals surface area (Å²) in [5, 5.41) is 2.84. The predicted octanol–water partition coefficient (Wildman–Crippen LogP) is 2.53.